The smallest absolute Gasteiger partial charge is 0.221 e. The van der Waals surface area contributed by atoms with Crippen LogP contribution in [0.5, 0.6) is 0 Å². The van der Waals surface area contributed by atoms with Crippen molar-refractivity contribution in [3.63, 3.8) is 0 Å². The second kappa shape index (κ2) is 10.7. The summed E-state index contributed by atoms with van der Waals surface area (Å²) >= 11 is 7.55. The number of hydrogen-bond donors (Lipinski definition) is 1. The van der Waals surface area contributed by atoms with Gasteiger partial charge in [0, 0.05) is 35.2 Å². The van der Waals surface area contributed by atoms with Gasteiger partial charge in [-0.3, -0.25) is 9.69 Å². The second-order valence-corrected chi connectivity index (χ2v) is 8.59. The molecule has 0 aromatic heterocycles. The van der Waals surface area contributed by atoms with E-state index in [0.717, 1.165) is 27.8 Å². The average molecular weight is 403 g/mol. The molecule has 1 saturated heterocycles. The molecular weight excluding hydrogens is 376 g/mol. The summed E-state index contributed by atoms with van der Waals surface area (Å²) in [5, 5.41) is 3.75. The molecule has 0 aliphatic carbocycles. The number of benzene rings is 2. The Balaban J connectivity index is 1.35. The fraction of sp³-hybridized carbons (Fsp3) is 0.409. The molecule has 0 spiro atoms. The minimum atomic E-state index is 0.0915. The van der Waals surface area contributed by atoms with Gasteiger partial charge < -0.3 is 5.32 Å². The molecule has 1 heterocycles. The molecule has 5 heteroatoms. The Hall–Kier alpha value is -1.49. The number of nitrogens with one attached hydrogen (secondary N) is 1. The zero-order valence-corrected chi connectivity index (χ0v) is 17.2. The summed E-state index contributed by atoms with van der Waals surface area (Å²) in [5.41, 5.74) is 2.50. The van der Waals surface area contributed by atoms with Crippen LogP contribution >= 0.6 is 23.4 Å². The van der Waals surface area contributed by atoms with Gasteiger partial charge in [0.1, 0.15) is 0 Å². The first-order valence-corrected chi connectivity index (χ1v) is 11.0. The van der Waals surface area contributed by atoms with Crippen LogP contribution < -0.4 is 5.32 Å². The van der Waals surface area contributed by atoms with Crippen molar-refractivity contribution in [1.82, 2.24) is 10.2 Å². The number of carbonyl (C=O) groups excluding carboxylic acids is 1. The predicted octanol–water partition coefficient (Wildman–Crippen LogP) is 5.12. The summed E-state index contributed by atoms with van der Waals surface area (Å²) in [6.07, 6.45) is 4.52. The number of nitrogens with zero attached hydrogens (tertiary/aromatic N) is 1. The molecule has 3 nitrogen and oxygen atoms in total. The Morgan fingerprint density at radius 3 is 2.33 bits per heavy atom. The van der Waals surface area contributed by atoms with Gasteiger partial charge in [0.2, 0.25) is 5.91 Å². The van der Waals surface area contributed by atoms with Crippen molar-refractivity contribution in [2.75, 3.05) is 18.8 Å². The normalized spacial score (nSPS) is 14.9. The lowest BCUT2D eigenvalue weighted by Crippen LogP contribution is -2.29. The van der Waals surface area contributed by atoms with Gasteiger partial charge in [-0.25, -0.2) is 0 Å². The number of rotatable bonds is 8. The molecule has 0 saturated carbocycles. The maximum Gasteiger partial charge on any atom is 0.221 e. The first kappa shape index (κ1) is 20.2. The van der Waals surface area contributed by atoms with Crippen LogP contribution in [0.1, 0.15) is 36.8 Å². The summed E-state index contributed by atoms with van der Waals surface area (Å²) in [6, 6.07) is 16.3. The maximum atomic E-state index is 12.0. The molecule has 27 heavy (non-hydrogen) atoms. The molecule has 0 unspecified atom stereocenters. The van der Waals surface area contributed by atoms with E-state index in [1.807, 2.05) is 24.3 Å². The molecule has 144 valence electrons. The van der Waals surface area contributed by atoms with E-state index >= 15 is 0 Å². The Kier molecular flexibility index (Phi) is 8.06. The van der Waals surface area contributed by atoms with Gasteiger partial charge in [-0.1, -0.05) is 42.3 Å². The minimum Gasteiger partial charge on any atom is -0.352 e. The van der Waals surface area contributed by atoms with Gasteiger partial charge in [-0.05, 0) is 61.3 Å². The molecule has 2 aromatic carbocycles. The fourth-order valence-corrected chi connectivity index (χ4v) is 4.20. The molecule has 0 atom stereocenters. The monoisotopic (exact) mass is 402 g/mol. The molecule has 1 fully saturated rings. The zero-order valence-electron chi connectivity index (χ0n) is 15.6. The number of likely N-dealkylation sites (tertiary alicyclic amines) is 1. The van der Waals surface area contributed by atoms with Crippen LogP contribution in [0.3, 0.4) is 0 Å². The third kappa shape index (κ3) is 7.21. The van der Waals surface area contributed by atoms with E-state index in [0.29, 0.717) is 13.0 Å². The van der Waals surface area contributed by atoms with E-state index < -0.39 is 0 Å². The Labute approximate surface area is 171 Å². The van der Waals surface area contributed by atoms with Crippen LogP contribution in [0.15, 0.2) is 53.4 Å². The third-order valence-corrected chi connectivity index (χ3v) is 6.04. The number of carbonyl (C=O) groups is 1. The lowest BCUT2D eigenvalue weighted by Gasteiger charge is -2.26. The van der Waals surface area contributed by atoms with E-state index in [4.69, 9.17) is 11.6 Å². The van der Waals surface area contributed by atoms with Gasteiger partial charge in [-0.2, -0.15) is 0 Å². The van der Waals surface area contributed by atoms with Crippen molar-refractivity contribution < 1.29 is 4.79 Å². The van der Waals surface area contributed by atoms with Crippen LogP contribution in [0, 0.1) is 0 Å². The summed E-state index contributed by atoms with van der Waals surface area (Å²) in [7, 11) is 0. The molecule has 1 N–H and O–H groups in total. The van der Waals surface area contributed by atoms with Crippen LogP contribution in [-0.4, -0.2) is 29.6 Å². The van der Waals surface area contributed by atoms with E-state index in [9.17, 15) is 4.79 Å². The standard InChI is InChI=1S/C22H27ClN2OS/c23-20-8-10-21(11-9-20)27-15-12-22(26)24-16-18-4-6-19(7-5-18)17-25-13-2-1-3-14-25/h4-11H,1-3,12-17H2,(H,24,26). The Morgan fingerprint density at radius 2 is 1.63 bits per heavy atom. The minimum absolute atomic E-state index is 0.0915. The molecule has 0 bridgehead atoms. The topological polar surface area (TPSA) is 32.3 Å². The summed E-state index contributed by atoms with van der Waals surface area (Å²) in [4.78, 5) is 15.7. The quantitative estimate of drug-likeness (QED) is 0.621. The highest BCUT2D eigenvalue weighted by atomic mass is 35.5. The molecule has 0 radical (unpaired) electrons. The van der Waals surface area contributed by atoms with E-state index in [1.54, 1.807) is 11.8 Å². The Bertz CT molecular complexity index is 712. The number of amides is 1. The molecule has 1 aliphatic heterocycles. The summed E-state index contributed by atoms with van der Waals surface area (Å²) < 4.78 is 0. The van der Waals surface area contributed by atoms with Crippen LogP contribution in [0.4, 0.5) is 0 Å². The molecule has 1 aliphatic rings. The number of halogens is 1. The van der Waals surface area contributed by atoms with Crippen molar-refractivity contribution in [3.05, 3.63) is 64.7 Å². The zero-order chi connectivity index (χ0) is 18.9. The van der Waals surface area contributed by atoms with Crippen molar-refractivity contribution in [2.24, 2.45) is 0 Å². The van der Waals surface area contributed by atoms with Gasteiger partial charge in [-0.15, -0.1) is 11.8 Å². The number of hydrogen-bond acceptors (Lipinski definition) is 3. The van der Waals surface area contributed by atoms with Crippen LogP contribution in [0.2, 0.25) is 5.02 Å². The lowest BCUT2D eigenvalue weighted by atomic mass is 10.1. The largest absolute Gasteiger partial charge is 0.352 e. The maximum absolute atomic E-state index is 12.0. The van der Waals surface area contributed by atoms with Crippen LogP contribution in [0.25, 0.3) is 0 Å². The van der Waals surface area contributed by atoms with E-state index in [-0.39, 0.29) is 5.91 Å². The highest BCUT2D eigenvalue weighted by molar-refractivity contribution is 7.99. The van der Waals surface area contributed by atoms with E-state index in [2.05, 4.69) is 34.5 Å². The highest BCUT2D eigenvalue weighted by Gasteiger charge is 2.10. The van der Waals surface area contributed by atoms with Crippen LogP contribution in [-0.2, 0) is 17.9 Å². The fourth-order valence-electron chi connectivity index (χ4n) is 3.22. The van der Waals surface area contributed by atoms with Crippen molar-refractivity contribution in [1.29, 1.82) is 0 Å². The van der Waals surface area contributed by atoms with E-state index in [1.165, 1.54) is 37.9 Å². The molecule has 2 aromatic rings. The second-order valence-electron chi connectivity index (χ2n) is 6.98. The van der Waals surface area contributed by atoms with Gasteiger partial charge in [0.15, 0.2) is 0 Å². The molecule has 3 rings (SSSR count). The third-order valence-electron chi connectivity index (χ3n) is 4.78. The molecular formula is C22H27ClN2OS. The van der Waals surface area contributed by atoms with Gasteiger partial charge in [0.05, 0.1) is 0 Å². The summed E-state index contributed by atoms with van der Waals surface area (Å²) in [6.45, 7) is 4.06. The average Bonchev–Trinajstić information content (AvgIpc) is 2.70. The van der Waals surface area contributed by atoms with Gasteiger partial charge >= 0.3 is 0 Å². The number of thioether (sulfide) groups is 1. The van der Waals surface area contributed by atoms with Crippen molar-refractivity contribution in [2.45, 2.75) is 43.7 Å². The predicted molar refractivity (Wildman–Crippen MR) is 114 cm³/mol. The first-order chi connectivity index (χ1) is 13.2. The lowest BCUT2D eigenvalue weighted by molar-refractivity contribution is -0.120. The summed E-state index contributed by atoms with van der Waals surface area (Å²) in [5.74, 6) is 0.858. The number of piperidine rings is 1. The SMILES string of the molecule is O=C(CCSc1ccc(Cl)cc1)NCc1ccc(CN2CCCCC2)cc1. The van der Waals surface area contributed by atoms with Gasteiger partial charge in [0.25, 0.3) is 0 Å². The van der Waals surface area contributed by atoms with Crippen molar-refractivity contribution >= 4 is 29.3 Å². The molecule has 1 amide bonds. The Morgan fingerprint density at radius 1 is 0.963 bits per heavy atom. The van der Waals surface area contributed by atoms with Crippen molar-refractivity contribution in [3.8, 4) is 0 Å². The first-order valence-electron chi connectivity index (χ1n) is 9.64. The highest BCUT2D eigenvalue weighted by Crippen LogP contribution is 2.21.